The number of hydrogen-bond donors (Lipinski definition) is 2. The Hall–Kier alpha value is -1.78. The second-order valence-electron chi connectivity index (χ2n) is 5.12. The molecule has 0 unspecified atom stereocenters. The van der Waals surface area contributed by atoms with E-state index in [1.165, 1.54) is 0 Å². The summed E-state index contributed by atoms with van der Waals surface area (Å²) in [5.41, 5.74) is 0.674. The van der Waals surface area contributed by atoms with Gasteiger partial charge in [-0.05, 0) is 39.7 Å². The van der Waals surface area contributed by atoms with Crippen LogP contribution in [-0.4, -0.2) is 27.6 Å². The van der Waals surface area contributed by atoms with Crippen molar-refractivity contribution >= 4 is 11.9 Å². The summed E-state index contributed by atoms with van der Waals surface area (Å²) >= 11 is 0. The van der Waals surface area contributed by atoms with Crippen LogP contribution >= 0.6 is 0 Å². The van der Waals surface area contributed by atoms with Crippen molar-refractivity contribution in [3.8, 4) is 0 Å². The Balaban J connectivity index is 2.64. The minimum absolute atomic E-state index is 0.0901. The van der Waals surface area contributed by atoms with Gasteiger partial charge in [-0.15, -0.1) is 0 Å². The topological polar surface area (TPSA) is 79.4 Å². The van der Waals surface area contributed by atoms with Crippen LogP contribution in [0.1, 0.15) is 49.7 Å². The third-order valence-corrected chi connectivity index (χ3v) is 2.27. The molecule has 0 aliphatic heterocycles. The van der Waals surface area contributed by atoms with Crippen LogP contribution in [0.15, 0.2) is 12.3 Å². The summed E-state index contributed by atoms with van der Waals surface area (Å²) in [6.07, 6.45) is 2.77. The lowest BCUT2D eigenvalue weighted by molar-refractivity contribution is -0.137. The molecule has 5 heteroatoms. The molecule has 1 aromatic heterocycles. The quantitative estimate of drug-likeness (QED) is 0.789. The van der Waals surface area contributed by atoms with Gasteiger partial charge in [0.2, 0.25) is 0 Å². The molecule has 0 atom stereocenters. The highest BCUT2D eigenvalue weighted by molar-refractivity contribution is 5.91. The largest absolute Gasteiger partial charge is 0.481 e. The number of carboxylic acid groups (broad SMARTS) is 1. The highest BCUT2D eigenvalue weighted by Crippen LogP contribution is 2.16. The number of ether oxygens (including phenoxy) is 1. The molecule has 1 heterocycles. The highest BCUT2D eigenvalue weighted by atomic mass is 16.6. The zero-order valence-corrected chi connectivity index (χ0v) is 10.9. The van der Waals surface area contributed by atoms with Gasteiger partial charge in [-0.3, -0.25) is 4.79 Å². The Morgan fingerprint density at radius 1 is 1.39 bits per heavy atom. The average Bonchev–Trinajstić information content (AvgIpc) is 2.62. The van der Waals surface area contributed by atoms with Gasteiger partial charge in [0.05, 0.1) is 5.56 Å². The van der Waals surface area contributed by atoms with E-state index in [0.717, 1.165) is 5.69 Å². The third-order valence-electron chi connectivity index (χ3n) is 2.27. The van der Waals surface area contributed by atoms with Crippen LogP contribution in [0.2, 0.25) is 0 Å². The molecule has 0 fully saturated rings. The summed E-state index contributed by atoms with van der Waals surface area (Å²) in [6, 6.07) is 1.66. The first kappa shape index (κ1) is 14.3. The normalized spacial score (nSPS) is 11.3. The van der Waals surface area contributed by atoms with Gasteiger partial charge >= 0.3 is 11.9 Å². The lowest BCUT2D eigenvalue weighted by Crippen LogP contribution is -2.24. The molecular formula is C13H19NO4. The first-order valence-corrected chi connectivity index (χ1v) is 5.91. The Morgan fingerprint density at radius 3 is 2.61 bits per heavy atom. The fraction of sp³-hybridized carbons (Fsp3) is 0.538. The number of aryl methyl sites for hydroxylation is 1. The van der Waals surface area contributed by atoms with Crippen molar-refractivity contribution in [1.82, 2.24) is 4.98 Å². The van der Waals surface area contributed by atoms with Crippen molar-refractivity contribution in [2.75, 3.05) is 0 Å². The van der Waals surface area contributed by atoms with E-state index in [-0.39, 0.29) is 12.4 Å². The maximum absolute atomic E-state index is 11.9. The van der Waals surface area contributed by atoms with Crippen molar-refractivity contribution in [2.45, 2.75) is 45.6 Å². The molecule has 2 N–H and O–H groups in total. The van der Waals surface area contributed by atoms with Crippen LogP contribution in [-0.2, 0) is 16.0 Å². The number of aromatic nitrogens is 1. The van der Waals surface area contributed by atoms with Crippen molar-refractivity contribution in [3.63, 3.8) is 0 Å². The molecule has 0 bridgehead atoms. The van der Waals surface area contributed by atoms with Gasteiger partial charge in [-0.25, -0.2) is 4.79 Å². The van der Waals surface area contributed by atoms with Crippen molar-refractivity contribution in [3.05, 3.63) is 23.5 Å². The number of H-pyrrole nitrogens is 1. The van der Waals surface area contributed by atoms with Gasteiger partial charge < -0.3 is 14.8 Å². The maximum atomic E-state index is 11.9. The van der Waals surface area contributed by atoms with E-state index < -0.39 is 11.6 Å². The first-order valence-electron chi connectivity index (χ1n) is 5.91. The Bertz CT molecular complexity index is 428. The average molecular weight is 253 g/mol. The highest BCUT2D eigenvalue weighted by Gasteiger charge is 2.20. The SMILES string of the molecule is CC(C)(C)OC(=O)c1cc[nH]c1CCCC(=O)O. The summed E-state index contributed by atoms with van der Waals surface area (Å²) < 4.78 is 5.27. The van der Waals surface area contributed by atoms with E-state index in [2.05, 4.69) is 4.98 Å². The predicted molar refractivity (Wildman–Crippen MR) is 66.5 cm³/mol. The van der Waals surface area contributed by atoms with Crippen LogP contribution < -0.4 is 0 Å². The number of carboxylic acids is 1. The van der Waals surface area contributed by atoms with E-state index in [9.17, 15) is 9.59 Å². The summed E-state index contributed by atoms with van der Waals surface area (Å²) in [7, 11) is 0. The molecule has 0 saturated heterocycles. The zero-order chi connectivity index (χ0) is 13.8. The van der Waals surface area contributed by atoms with E-state index in [0.29, 0.717) is 18.4 Å². The molecule has 1 rings (SSSR count). The van der Waals surface area contributed by atoms with E-state index in [4.69, 9.17) is 9.84 Å². The van der Waals surface area contributed by atoms with Gasteiger partial charge in [0.1, 0.15) is 5.60 Å². The molecule has 5 nitrogen and oxygen atoms in total. The maximum Gasteiger partial charge on any atom is 0.340 e. The van der Waals surface area contributed by atoms with E-state index in [1.54, 1.807) is 12.3 Å². The fourth-order valence-electron chi connectivity index (χ4n) is 1.55. The van der Waals surface area contributed by atoms with E-state index in [1.807, 2.05) is 20.8 Å². The number of carbonyl (C=O) groups is 2. The summed E-state index contributed by atoms with van der Waals surface area (Å²) in [4.78, 5) is 25.3. The minimum Gasteiger partial charge on any atom is -0.481 e. The first-order chi connectivity index (χ1) is 8.29. The molecule has 100 valence electrons. The molecule has 0 amide bonds. The number of nitrogens with one attached hydrogen (secondary N) is 1. The Labute approximate surface area is 106 Å². The van der Waals surface area contributed by atoms with Crippen molar-refractivity contribution < 1.29 is 19.4 Å². The van der Waals surface area contributed by atoms with Crippen molar-refractivity contribution in [2.24, 2.45) is 0 Å². The Morgan fingerprint density at radius 2 is 2.06 bits per heavy atom. The van der Waals surface area contributed by atoms with Gasteiger partial charge in [0.15, 0.2) is 0 Å². The number of rotatable bonds is 5. The molecule has 0 spiro atoms. The van der Waals surface area contributed by atoms with Gasteiger partial charge in [-0.2, -0.15) is 0 Å². The van der Waals surface area contributed by atoms with Crippen LogP contribution in [0, 0.1) is 0 Å². The monoisotopic (exact) mass is 253 g/mol. The molecule has 0 aliphatic carbocycles. The lowest BCUT2D eigenvalue weighted by Gasteiger charge is -2.19. The molecule has 0 aromatic carbocycles. The van der Waals surface area contributed by atoms with E-state index >= 15 is 0 Å². The predicted octanol–water partition coefficient (Wildman–Crippen LogP) is 2.38. The van der Waals surface area contributed by atoms with Gasteiger partial charge in [0.25, 0.3) is 0 Å². The number of hydrogen-bond acceptors (Lipinski definition) is 3. The molecule has 0 aliphatic rings. The second-order valence-corrected chi connectivity index (χ2v) is 5.12. The fourth-order valence-corrected chi connectivity index (χ4v) is 1.55. The number of aromatic amines is 1. The molecule has 18 heavy (non-hydrogen) atoms. The third kappa shape index (κ3) is 4.61. The number of carbonyl (C=O) groups excluding carboxylic acids is 1. The minimum atomic E-state index is -0.833. The van der Waals surface area contributed by atoms with Crippen molar-refractivity contribution in [1.29, 1.82) is 0 Å². The molecule has 1 aromatic rings. The van der Waals surface area contributed by atoms with Crippen LogP contribution in [0.4, 0.5) is 0 Å². The zero-order valence-electron chi connectivity index (χ0n) is 10.9. The van der Waals surface area contributed by atoms with Gasteiger partial charge in [0, 0.05) is 18.3 Å². The van der Waals surface area contributed by atoms with Gasteiger partial charge in [-0.1, -0.05) is 0 Å². The molecule has 0 radical (unpaired) electrons. The lowest BCUT2D eigenvalue weighted by atomic mass is 10.1. The van der Waals surface area contributed by atoms with Crippen LogP contribution in [0.3, 0.4) is 0 Å². The molecule has 0 saturated carbocycles. The summed E-state index contributed by atoms with van der Waals surface area (Å²) in [5.74, 6) is -1.21. The van der Waals surface area contributed by atoms with Crippen LogP contribution in [0.25, 0.3) is 0 Å². The summed E-state index contributed by atoms with van der Waals surface area (Å²) in [5, 5.41) is 8.57. The second kappa shape index (κ2) is 5.71. The Kier molecular flexibility index (Phi) is 4.53. The standard InChI is InChI=1S/C13H19NO4/c1-13(2,3)18-12(17)9-7-8-14-10(9)5-4-6-11(15)16/h7-8,14H,4-6H2,1-3H3,(H,15,16). The number of aliphatic carboxylic acids is 1. The summed E-state index contributed by atoms with van der Waals surface area (Å²) in [6.45, 7) is 5.42. The van der Waals surface area contributed by atoms with Crippen LogP contribution in [0.5, 0.6) is 0 Å². The smallest absolute Gasteiger partial charge is 0.340 e. The number of esters is 1. The molecular weight excluding hydrogens is 234 g/mol.